The van der Waals surface area contributed by atoms with E-state index in [0.29, 0.717) is 18.8 Å². The van der Waals surface area contributed by atoms with Crippen LogP contribution >= 0.6 is 0 Å². The lowest BCUT2D eigenvalue weighted by molar-refractivity contribution is 0.0696. The number of ether oxygens (including phenoxy) is 1. The first kappa shape index (κ1) is 18.7. The van der Waals surface area contributed by atoms with Crippen LogP contribution in [-0.2, 0) is 0 Å². The van der Waals surface area contributed by atoms with Gasteiger partial charge in [-0.3, -0.25) is 4.98 Å². The summed E-state index contributed by atoms with van der Waals surface area (Å²) in [6.45, 7) is 1.30. The molecule has 0 bridgehead atoms. The van der Waals surface area contributed by atoms with Gasteiger partial charge in [-0.25, -0.2) is 9.59 Å². The molecule has 1 saturated heterocycles. The average Bonchev–Trinajstić information content (AvgIpc) is 2.72. The Morgan fingerprint density at radius 2 is 2.11 bits per heavy atom. The predicted octanol–water partition coefficient (Wildman–Crippen LogP) is 3.10. The molecule has 2 N–H and O–H groups in total. The van der Waals surface area contributed by atoms with Crippen LogP contribution in [0.2, 0.25) is 0 Å². The third-order valence-electron chi connectivity index (χ3n) is 4.52. The van der Waals surface area contributed by atoms with Crippen LogP contribution in [0.3, 0.4) is 0 Å². The normalized spacial score (nSPS) is 16.6. The van der Waals surface area contributed by atoms with Crippen LogP contribution in [0.4, 0.5) is 4.79 Å². The molecule has 1 atom stereocenters. The maximum atomic E-state index is 12.6. The van der Waals surface area contributed by atoms with Gasteiger partial charge >= 0.3 is 12.0 Å². The van der Waals surface area contributed by atoms with Crippen LogP contribution in [0.15, 0.2) is 48.7 Å². The van der Waals surface area contributed by atoms with Crippen molar-refractivity contribution in [3.8, 4) is 5.75 Å². The number of nitrogens with one attached hydrogen (secondary N) is 1. The number of piperidine rings is 1. The maximum absolute atomic E-state index is 12.6. The Bertz CT molecular complexity index is 782. The quantitative estimate of drug-likeness (QED) is 0.764. The number of hydrogen-bond donors (Lipinski definition) is 2. The number of carboxylic acid groups (broad SMARTS) is 1. The number of hydrogen-bond acceptors (Lipinski definition) is 4. The van der Waals surface area contributed by atoms with Crippen LogP contribution in [0.5, 0.6) is 5.75 Å². The second-order valence-corrected chi connectivity index (χ2v) is 6.37. The molecule has 0 radical (unpaired) electrons. The minimum absolute atomic E-state index is 0.00637. The second kappa shape index (κ2) is 9.02. The highest BCUT2D eigenvalue weighted by Crippen LogP contribution is 2.29. The summed E-state index contributed by atoms with van der Waals surface area (Å²) < 4.78 is 5.54. The number of nitrogens with zero attached hydrogens (tertiary/aromatic N) is 2. The van der Waals surface area contributed by atoms with Gasteiger partial charge in [0.15, 0.2) is 0 Å². The molecule has 0 saturated carbocycles. The van der Waals surface area contributed by atoms with Gasteiger partial charge < -0.3 is 20.1 Å². The first-order valence-corrected chi connectivity index (χ1v) is 9.07. The van der Waals surface area contributed by atoms with Crippen molar-refractivity contribution in [2.45, 2.75) is 25.3 Å². The van der Waals surface area contributed by atoms with Crippen LogP contribution in [0.1, 0.15) is 41.4 Å². The molecular formula is C20H23N3O4. The Labute approximate surface area is 158 Å². The zero-order valence-electron chi connectivity index (χ0n) is 15.0. The van der Waals surface area contributed by atoms with E-state index in [1.807, 2.05) is 23.1 Å². The molecule has 2 amide bonds. The Kier molecular flexibility index (Phi) is 6.25. The molecule has 1 aromatic carbocycles. The van der Waals surface area contributed by atoms with E-state index in [0.717, 1.165) is 25.0 Å². The van der Waals surface area contributed by atoms with Crippen LogP contribution in [0.25, 0.3) is 0 Å². The number of carboxylic acids is 1. The molecule has 1 aromatic heterocycles. The standard InChI is InChI=1S/C20H23N3O4/c24-19(25)15-6-5-7-16(14-15)27-13-11-22-20(26)23-12-4-2-9-18(23)17-8-1-3-10-21-17/h1,3,5-8,10,14,18H,2,4,9,11-13H2,(H,22,26)(H,24,25)/t18-/m0/s1. The predicted molar refractivity (Wildman–Crippen MR) is 99.8 cm³/mol. The van der Waals surface area contributed by atoms with E-state index >= 15 is 0 Å². The first-order valence-electron chi connectivity index (χ1n) is 9.07. The zero-order chi connectivity index (χ0) is 19.1. The fraction of sp³-hybridized carbons (Fsp3) is 0.350. The van der Waals surface area contributed by atoms with Crippen molar-refractivity contribution in [3.05, 3.63) is 59.9 Å². The van der Waals surface area contributed by atoms with Gasteiger partial charge in [-0.1, -0.05) is 12.1 Å². The zero-order valence-corrected chi connectivity index (χ0v) is 15.0. The summed E-state index contributed by atoms with van der Waals surface area (Å²) in [6.07, 6.45) is 4.71. The summed E-state index contributed by atoms with van der Waals surface area (Å²) in [5.41, 5.74) is 1.08. The number of likely N-dealkylation sites (tertiary alicyclic amines) is 1. The number of amides is 2. The van der Waals surface area contributed by atoms with Crippen molar-refractivity contribution >= 4 is 12.0 Å². The average molecular weight is 369 g/mol. The largest absolute Gasteiger partial charge is 0.492 e. The van der Waals surface area contributed by atoms with Gasteiger partial charge in [0.1, 0.15) is 12.4 Å². The highest BCUT2D eigenvalue weighted by molar-refractivity contribution is 5.88. The van der Waals surface area contributed by atoms with Crippen molar-refractivity contribution in [2.75, 3.05) is 19.7 Å². The summed E-state index contributed by atoms with van der Waals surface area (Å²) >= 11 is 0. The third kappa shape index (κ3) is 4.97. The topological polar surface area (TPSA) is 91.8 Å². The summed E-state index contributed by atoms with van der Waals surface area (Å²) in [5.74, 6) is -0.534. The Morgan fingerprint density at radius 1 is 1.22 bits per heavy atom. The van der Waals surface area contributed by atoms with E-state index in [1.165, 1.54) is 12.1 Å². The van der Waals surface area contributed by atoms with Gasteiger partial charge in [0, 0.05) is 12.7 Å². The van der Waals surface area contributed by atoms with E-state index in [-0.39, 0.29) is 24.2 Å². The number of carbonyl (C=O) groups is 2. The fourth-order valence-electron chi connectivity index (χ4n) is 3.20. The molecule has 1 aliphatic heterocycles. The van der Waals surface area contributed by atoms with Crippen molar-refractivity contribution in [1.82, 2.24) is 15.2 Å². The van der Waals surface area contributed by atoms with Crippen molar-refractivity contribution in [1.29, 1.82) is 0 Å². The lowest BCUT2D eigenvalue weighted by atomic mass is 9.99. The van der Waals surface area contributed by atoms with Crippen molar-refractivity contribution in [2.24, 2.45) is 0 Å². The minimum Gasteiger partial charge on any atom is -0.492 e. The van der Waals surface area contributed by atoms with E-state index in [9.17, 15) is 9.59 Å². The van der Waals surface area contributed by atoms with Crippen LogP contribution < -0.4 is 10.1 Å². The molecule has 0 spiro atoms. The number of aromatic carboxylic acids is 1. The number of aromatic nitrogens is 1. The number of pyridine rings is 1. The summed E-state index contributed by atoms with van der Waals surface area (Å²) in [4.78, 5) is 29.8. The van der Waals surface area contributed by atoms with Gasteiger partial charge in [-0.2, -0.15) is 0 Å². The summed E-state index contributed by atoms with van der Waals surface area (Å²) in [7, 11) is 0. The number of urea groups is 1. The van der Waals surface area contributed by atoms with E-state index in [4.69, 9.17) is 9.84 Å². The van der Waals surface area contributed by atoms with Crippen molar-refractivity contribution in [3.63, 3.8) is 0 Å². The van der Waals surface area contributed by atoms with Gasteiger partial charge in [-0.15, -0.1) is 0 Å². The molecule has 1 aliphatic rings. The Hall–Kier alpha value is -3.09. The monoisotopic (exact) mass is 369 g/mol. The molecular weight excluding hydrogens is 346 g/mol. The van der Waals surface area contributed by atoms with Gasteiger partial charge in [-0.05, 0) is 49.6 Å². The van der Waals surface area contributed by atoms with E-state index in [1.54, 1.807) is 18.3 Å². The highest BCUT2D eigenvalue weighted by Gasteiger charge is 2.28. The van der Waals surface area contributed by atoms with E-state index in [2.05, 4.69) is 10.3 Å². The molecule has 7 nitrogen and oxygen atoms in total. The van der Waals surface area contributed by atoms with Crippen LogP contribution in [-0.4, -0.2) is 46.7 Å². The molecule has 0 unspecified atom stereocenters. The smallest absolute Gasteiger partial charge is 0.335 e. The first-order chi connectivity index (χ1) is 13.1. The van der Waals surface area contributed by atoms with Gasteiger partial charge in [0.05, 0.1) is 23.8 Å². The van der Waals surface area contributed by atoms with Gasteiger partial charge in [0.2, 0.25) is 0 Å². The number of carbonyl (C=O) groups excluding carboxylic acids is 1. The maximum Gasteiger partial charge on any atom is 0.335 e. The lowest BCUT2D eigenvalue weighted by Gasteiger charge is -2.35. The molecule has 2 aromatic rings. The third-order valence-corrected chi connectivity index (χ3v) is 4.52. The van der Waals surface area contributed by atoms with Crippen molar-refractivity contribution < 1.29 is 19.4 Å². The second-order valence-electron chi connectivity index (χ2n) is 6.37. The fourth-order valence-corrected chi connectivity index (χ4v) is 3.20. The van der Waals surface area contributed by atoms with E-state index < -0.39 is 5.97 Å². The molecule has 3 rings (SSSR count). The molecule has 142 valence electrons. The highest BCUT2D eigenvalue weighted by atomic mass is 16.5. The Morgan fingerprint density at radius 3 is 2.89 bits per heavy atom. The molecule has 0 aliphatic carbocycles. The summed E-state index contributed by atoms with van der Waals surface area (Å²) in [5, 5.41) is 11.9. The molecule has 1 fully saturated rings. The van der Waals surface area contributed by atoms with Gasteiger partial charge in [0.25, 0.3) is 0 Å². The minimum atomic E-state index is -1.00. The summed E-state index contributed by atoms with van der Waals surface area (Å²) in [6, 6.07) is 11.9. The molecule has 2 heterocycles. The SMILES string of the molecule is O=C(O)c1cccc(OCCNC(=O)N2CCCC[C@H]2c2ccccn2)c1. The lowest BCUT2D eigenvalue weighted by Crippen LogP contribution is -2.45. The molecule has 27 heavy (non-hydrogen) atoms. The van der Waals surface area contributed by atoms with Crippen LogP contribution in [0, 0.1) is 0 Å². The molecule has 7 heteroatoms. The number of rotatable bonds is 6. The number of benzene rings is 1. The Balaban J connectivity index is 1.51.